The zero-order valence-corrected chi connectivity index (χ0v) is 23.4. The second kappa shape index (κ2) is 11.2. The number of carbonyl (C=O) groups excluding carboxylic acids is 2. The van der Waals surface area contributed by atoms with Crippen LogP contribution in [-0.4, -0.2) is 37.0 Å². The van der Waals surface area contributed by atoms with E-state index in [4.69, 9.17) is 34.7 Å². The summed E-state index contributed by atoms with van der Waals surface area (Å²) in [5, 5.41) is 1.35. The minimum absolute atomic E-state index is 0.178. The highest BCUT2D eigenvalue weighted by Crippen LogP contribution is 2.47. The van der Waals surface area contributed by atoms with E-state index in [-0.39, 0.29) is 34.7 Å². The van der Waals surface area contributed by atoms with Gasteiger partial charge in [-0.3, -0.25) is 9.59 Å². The van der Waals surface area contributed by atoms with Crippen LogP contribution in [0.3, 0.4) is 0 Å². The average molecular weight is 558 g/mol. The van der Waals surface area contributed by atoms with Crippen LogP contribution in [0.25, 0.3) is 0 Å². The Labute approximate surface area is 235 Å². The highest BCUT2D eigenvalue weighted by Gasteiger charge is 2.50. The first-order valence-corrected chi connectivity index (χ1v) is 14.6. The van der Waals surface area contributed by atoms with Crippen molar-refractivity contribution in [3.05, 3.63) is 58.6 Å². The molecule has 8 heteroatoms. The van der Waals surface area contributed by atoms with Gasteiger partial charge in [-0.1, -0.05) is 48.2 Å². The van der Waals surface area contributed by atoms with Crippen molar-refractivity contribution in [1.29, 1.82) is 0 Å². The summed E-state index contributed by atoms with van der Waals surface area (Å²) < 4.78 is 0. The van der Waals surface area contributed by atoms with Gasteiger partial charge in [0.15, 0.2) is 0 Å². The van der Waals surface area contributed by atoms with Gasteiger partial charge in [0.1, 0.15) is 0 Å². The molecule has 2 saturated heterocycles. The maximum Gasteiger partial charge on any atom is 0.233 e. The minimum Gasteiger partial charge on any atom is -0.328 e. The smallest absolute Gasteiger partial charge is 0.233 e. The number of carbonyl (C=O) groups is 2. The second-order valence-corrected chi connectivity index (χ2v) is 12.5. The Kier molecular flexibility index (Phi) is 8.07. The number of rotatable bonds is 2. The Morgan fingerprint density at radius 2 is 1.11 bits per heavy atom. The van der Waals surface area contributed by atoms with Crippen LogP contribution in [-0.2, 0) is 9.59 Å². The van der Waals surface area contributed by atoms with Crippen LogP contribution in [0.5, 0.6) is 0 Å². The summed E-state index contributed by atoms with van der Waals surface area (Å²) in [6.45, 7) is 1.57. The summed E-state index contributed by atoms with van der Waals surface area (Å²) >= 11 is 12.0. The van der Waals surface area contributed by atoms with E-state index in [0.29, 0.717) is 10.0 Å². The van der Waals surface area contributed by atoms with Gasteiger partial charge in [-0.05, 0) is 87.8 Å². The van der Waals surface area contributed by atoms with E-state index >= 15 is 0 Å². The molecule has 2 aromatic rings. The van der Waals surface area contributed by atoms with Crippen LogP contribution in [0, 0.1) is 10.8 Å². The summed E-state index contributed by atoms with van der Waals surface area (Å²) in [5.74, 6) is 0.481. The molecular formula is C30H38Cl2N4O2. The van der Waals surface area contributed by atoms with Gasteiger partial charge >= 0.3 is 0 Å². The van der Waals surface area contributed by atoms with Crippen LogP contribution >= 0.6 is 23.2 Å². The maximum atomic E-state index is 12.8. The molecule has 6 rings (SSSR count). The summed E-state index contributed by atoms with van der Waals surface area (Å²) in [5.41, 5.74) is 13.5. The third kappa shape index (κ3) is 5.46. The van der Waals surface area contributed by atoms with Crippen molar-refractivity contribution in [3.63, 3.8) is 0 Å². The van der Waals surface area contributed by atoms with Gasteiger partial charge in [0.2, 0.25) is 11.8 Å². The third-order valence-electron chi connectivity index (χ3n) is 9.03. The van der Waals surface area contributed by atoms with Crippen LogP contribution in [0.15, 0.2) is 48.5 Å². The Morgan fingerprint density at radius 1 is 0.684 bits per heavy atom. The van der Waals surface area contributed by atoms with Crippen molar-refractivity contribution in [2.24, 2.45) is 22.3 Å². The molecule has 2 heterocycles. The zero-order valence-electron chi connectivity index (χ0n) is 21.9. The number of hydrogen-bond acceptors (Lipinski definition) is 4. The van der Waals surface area contributed by atoms with Gasteiger partial charge in [-0.15, -0.1) is 0 Å². The molecule has 2 aromatic carbocycles. The first-order valence-electron chi connectivity index (χ1n) is 13.9. The van der Waals surface area contributed by atoms with Gasteiger partial charge in [-0.2, -0.15) is 0 Å². The lowest BCUT2D eigenvalue weighted by molar-refractivity contribution is -0.128. The molecule has 2 aliphatic heterocycles. The van der Waals surface area contributed by atoms with Gasteiger partial charge in [0.25, 0.3) is 0 Å². The van der Waals surface area contributed by atoms with E-state index in [1.54, 1.807) is 0 Å². The summed E-state index contributed by atoms with van der Waals surface area (Å²) in [7, 11) is 0. The summed E-state index contributed by atoms with van der Waals surface area (Å²) in [4.78, 5) is 29.3. The second-order valence-electron chi connectivity index (χ2n) is 11.6. The maximum absolute atomic E-state index is 12.8. The normalized spacial score (nSPS) is 31.2. The average Bonchev–Trinajstić information content (AvgIpc) is 3.35. The Morgan fingerprint density at radius 3 is 1.47 bits per heavy atom. The molecule has 2 spiro atoms. The molecule has 2 saturated carbocycles. The monoisotopic (exact) mass is 556 g/mol. The standard InChI is InChI=1S/2C15H19ClN2O/c2*16-11-3-1-5-13(9-11)18-8-7-15(14(18)19)6-2-4-12(17)10-15/h2*1,3,5,9,12H,2,4,6-8,10,17H2/t2*12-,15-/m10/s1. The van der Waals surface area contributed by atoms with E-state index in [1.807, 2.05) is 58.3 Å². The number of nitrogens with two attached hydrogens (primary N) is 2. The molecule has 4 fully saturated rings. The van der Waals surface area contributed by atoms with Crippen molar-refractivity contribution in [2.75, 3.05) is 22.9 Å². The van der Waals surface area contributed by atoms with Gasteiger partial charge < -0.3 is 21.3 Å². The molecule has 4 aliphatic rings. The lowest BCUT2D eigenvalue weighted by atomic mass is 9.71. The molecule has 0 radical (unpaired) electrons. The topological polar surface area (TPSA) is 92.7 Å². The highest BCUT2D eigenvalue weighted by atomic mass is 35.5. The fraction of sp³-hybridized carbons (Fsp3) is 0.533. The van der Waals surface area contributed by atoms with E-state index < -0.39 is 0 Å². The number of benzene rings is 2. The first-order chi connectivity index (χ1) is 18.2. The molecule has 0 unspecified atom stereocenters. The van der Waals surface area contributed by atoms with E-state index in [1.165, 1.54) is 0 Å². The van der Waals surface area contributed by atoms with Crippen LogP contribution in [0.1, 0.15) is 64.2 Å². The quantitative estimate of drug-likeness (QED) is 0.479. The van der Waals surface area contributed by atoms with Crippen molar-refractivity contribution >= 4 is 46.4 Å². The number of anilines is 2. The molecule has 0 aromatic heterocycles. The molecule has 2 amide bonds. The number of hydrogen-bond donors (Lipinski definition) is 2. The highest BCUT2D eigenvalue weighted by molar-refractivity contribution is 6.31. The zero-order chi connectivity index (χ0) is 26.9. The summed E-state index contributed by atoms with van der Waals surface area (Å²) in [6, 6.07) is 15.4. The lowest BCUT2D eigenvalue weighted by Gasteiger charge is -2.35. The van der Waals surface area contributed by atoms with Crippen LogP contribution in [0.2, 0.25) is 10.0 Å². The number of halogens is 2. The van der Waals surface area contributed by atoms with Crippen LogP contribution in [0.4, 0.5) is 11.4 Å². The van der Waals surface area contributed by atoms with Crippen molar-refractivity contribution in [3.8, 4) is 0 Å². The number of amides is 2. The van der Waals surface area contributed by atoms with Gasteiger partial charge in [-0.25, -0.2) is 0 Å². The van der Waals surface area contributed by atoms with E-state index in [9.17, 15) is 9.59 Å². The Hall–Kier alpha value is -2.12. The molecule has 38 heavy (non-hydrogen) atoms. The number of nitrogens with zero attached hydrogens (tertiary/aromatic N) is 2. The van der Waals surface area contributed by atoms with E-state index in [2.05, 4.69) is 0 Å². The molecule has 0 bridgehead atoms. The molecule has 2 aliphatic carbocycles. The fourth-order valence-electron chi connectivity index (χ4n) is 7.08. The van der Waals surface area contributed by atoms with Crippen LogP contribution < -0.4 is 21.3 Å². The molecule has 4 N–H and O–H groups in total. The Balaban J connectivity index is 0.000000155. The first kappa shape index (κ1) is 27.4. The molecular weight excluding hydrogens is 519 g/mol. The van der Waals surface area contributed by atoms with Gasteiger partial charge in [0.05, 0.1) is 10.8 Å². The Bertz CT molecular complexity index is 1100. The SMILES string of the molecule is N[C@@H]1CCC[C@@]2(CCN(c3cccc(Cl)c3)C2=O)C1.N[C@H]1CCC[C@]2(CCN(c3cccc(Cl)c3)C2=O)C1. The fourth-order valence-corrected chi connectivity index (χ4v) is 7.45. The minimum atomic E-state index is -0.208. The summed E-state index contributed by atoms with van der Waals surface area (Å²) in [6.07, 6.45) is 9.71. The van der Waals surface area contributed by atoms with Crippen molar-refractivity contribution in [2.45, 2.75) is 76.3 Å². The molecule has 4 atom stereocenters. The third-order valence-corrected chi connectivity index (χ3v) is 9.50. The van der Waals surface area contributed by atoms with Crippen molar-refractivity contribution in [1.82, 2.24) is 0 Å². The van der Waals surface area contributed by atoms with Crippen molar-refractivity contribution < 1.29 is 9.59 Å². The molecule has 204 valence electrons. The predicted octanol–water partition coefficient (Wildman–Crippen LogP) is 5.93. The van der Waals surface area contributed by atoms with Gasteiger partial charge in [0, 0.05) is 46.6 Å². The predicted molar refractivity (Wildman–Crippen MR) is 155 cm³/mol. The van der Waals surface area contributed by atoms with E-state index in [0.717, 1.165) is 88.7 Å². The lowest BCUT2D eigenvalue weighted by Crippen LogP contribution is -2.42. The largest absolute Gasteiger partial charge is 0.328 e. The molecule has 6 nitrogen and oxygen atoms in total.